The van der Waals surface area contributed by atoms with Gasteiger partial charge in [0.1, 0.15) is 5.75 Å². The largest absolute Gasteiger partial charge is 0.415 e. The Morgan fingerprint density at radius 1 is 0.797 bits per heavy atom. The average Bonchev–Trinajstić information content (AvgIpc) is 3.87. The van der Waals surface area contributed by atoms with Crippen molar-refractivity contribution in [3.05, 3.63) is 149 Å². The Labute approximate surface area is 351 Å². The fourth-order valence-corrected chi connectivity index (χ4v) is 13.6. The number of aliphatic hydroxyl groups excluding tert-OH is 1. The Morgan fingerprint density at radius 3 is 2.34 bits per heavy atom. The zero-order valence-corrected chi connectivity index (χ0v) is 34.8. The van der Waals surface area contributed by atoms with Crippen molar-refractivity contribution in [1.82, 2.24) is 4.90 Å². The second kappa shape index (κ2) is 14.1. The number of hydrogen-bond donors (Lipinski definition) is 2. The molecule has 59 heavy (non-hydrogen) atoms. The standard InChI is InChI=1S/C52H53NO5S/c1-48-24-20-38(54)32-50(48)27-28-52(43(33-50)46(55)42-17-9-8-16-41(42)36-12-4-3-5-13-36)44(48)21-25-49(2)45(52)22-26-51(49,57)34-53(29-23-40-15-10-30-59-40)47(56)58-39-19-18-35-11-6-7-14-37(35)31-39/h3-19,27-28,30-31,33,38,44-45,54,57H,20-26,29,32,34H2,1-2H3. The first kappa shape index (κ1) is 38.4. The van der Waals surface area contributed by atoms with Gasteiger partial charge in [0, 0.05) is 38.8 Å². The summed E-state index contributed by atoms with van der Waals surface area (Å²) in [5.74, 6) is 0.626. The molecule has 7 heteroatoms. The van der Waals surface area contributed by atoms with Crippen molar-refractivity contribution in [2.24, 2.45) is 33.5 Å². The van der Waals surface area contributed by atoms with E-state index in [9.17, 15) is 15.0 Å². The molecular formula is C52H53NO5S. The molecule has 0 radical (unpaired) electrons. The Bertz CT molecular complexity index is 2490. The highest BCUT2D eigenvalue weighted by Gasteiger charge is 2.74. The monoisotopic (exact) mass is 803 g/mol. The third-order valence-electron chi connectivity index (χ3n) is 16.1. The molecule has 6 aliphatic carbocycles. The van der Waals surface area contributed by atoms with Crippen LogP contribution in [0.4, 0.5) is 4.79 Å². The van der Waals surface area contributed by atoms with Crippen molar-refractivity contribution < 1.29 is 24.5 Å². The third kappa shape index (κ3) is 5.86. The zero-order chi connectivity index (χ0) is 40.6. The number of benzene rings is 4. The zero-order valence-electron chi connectivity index (χ0n) is 34.0. The fourth-order valence-electron chi connectivity index (χ4n) is 12.9. The highest BCUT2D eigenvalue weighted by atomic mass is 32.1. The highest BCUT2D eigenvalue weighted by molar-refractivity contribution is 7.09. The molecule has 1 aromatic heterocycles. The number of carbonyl (C=O) groups is 2. The van der Waals surface area contributed by atoms with Gasteiger partial charge in [0.05, 0.1) is 18.2 Å². The molecule has 8 atom stereocenters. The quantitative estimate of drug-likeness (QED) is 0.114. The van der Waals surface area contributed by atoms with Crippen LogP contribution in [-0.2, 0) is 6.42 Å². The summed E-state index contributed by atoms with van der Waals surface area (Å²) in [6, 6.07) is 36.0. The number of hydrogen-bond acceptors (Lipinski definition) is 6. The minimum absolute atomic E-state index is 0.0384. The maximum Gasteiger partial charge on any atom is 0.415 e. The number of Topliss-reactive ketones (excluding diaryl/α,β-unsaturated/α-hetero) is 1. The molecule has 8 unspecified atom stereocenters. The summed E-state index contributed by atoms with van der Waals surface area (Å²) in [7, 11) is 0. The summed E-state index contributed by atoms with van der Waals surface area (Å²) < 4.78 is 6.13. The number of rotatable bonds is 9. The van der Waals surface area contributed by atoms with Gasteiger partial charge in [-0.25, -0.2) is 4.79 Å². The van der Waals surface area contributed by atoms with E-state index in [4.69, 9.17) is 4.74 Å². The molecule has 6 nitrogen and oxygen atoms in total. The first-order chi connectivity index (χ1) is 28.5. The van der Waals surface area contributed by atoms with Crippen LogP contribution in [0.25, 0.3) is 21.9 Å². The highest BCUT2D eigenvalue weighted by Crippen LogP contribution is 2.78. The molecule has 2 bridgehead atoms. The van der Waals surface area contributed by atoms with Gasteiger partial charge in [-0.05, 0) is 114 Å². The molecule has 1 heterocycles. The molecule has 5 aromatic rings. The van der Waals surface area contributed by atoms with E-state index in [1.54, 1.807) is 16.2 Å². The van der Waals surface area contributed by atoms with E-state index in [2.05, 4.69) is 55.7 Å². The van der Waals surface area contributed by atoms with Crippen LogP contribution in [0.3, 0.4) is 0 Å². The molecular weight excluding hydrogens is 751 g/mol. The molecule has 4 aromatic carbocycles. The van der Waals surface area contributed by atoms with E-state index in [1.807, 2.05) is 91.0 Å². The topological polar surface area (TPSA) is 87.1 Å². The summed E-state index contributed by atoms with van der Waals surface area (Å²) in [5.41, 5.74) is 0.378. The SMILES string of the molecule is CC12CCC(O)CC13C=CC1(C(C(=O)c4ccccc4-c4ccccc4)=C3)C2CCC2(C)C1CCC2(O)CN(CCc1cccs1)C(=O)Oc1ccc2ccccc2c1. The second-order valence-corrected chi connectivity index (χ2v) is 19.7. The minimum atomic E-state index is -1.23. The van der Waals surface area contributed by atoms with Crippen LogP contribution in [0.1, 0.15) is 74.0 Å². The number of allylic oxidation sites excluding steroid dienone is 4. The van der Waals surface area contributed by atoms with E-state index >= 15 is 4.79 Å². The molecule has 1 amide bonds. The van der Waals surface area contributed by atoms with Crippen molar-refractivity contribution in [3.8, 4) is 16.9 Å². The Kier molecular flexibility index (Phi) is 9.20. The minimum Gasteiger partial charge on any atom is -0.410 e. The Morgan fingerprint density at radius 2 is 1.53 bits per heavy atom. The molecule has 3 saturated carbocycles. The first-order valence-corrected chi connectivity index (χ1v) is 22.4. The van der Waals surface area contributed by atoms with E-state index in [0.29, 0.717) is 37.1 Å². The molecule has 2 N–H and O–H groups in total. The Hall–Kier alpha value is -4.82. The predicted octanol–water partition coefficient (Wildman–Crippen LogP) is 11.1. The van der Waals surface area contributed by atoms with Crippen molar-refractivity contribution in [2.75, 3.05) is 13.1 Å². The maximum atomic E-state index is 15.6. The third-order valence-corrected chi connectivity index (χ3v) is 17.0. The van der Waals surface area contributed by atoms with E-state index in [-0.39, 0.29) is 29.6 Å². The van der Waals surface area contributed by atoms with Crippen LogP contribution in [-0.4, -0.2) is 51.8 Å². The second-order valence-electron chi connectivity index (χ2n) is 18.7. The number of ketones is 1. The smallest absolute Gasteiger partial charge is 0.410 e. The van der Waals surface area contributed by atoms with Gasteiger partial charge in [0.25, 0.3) is 0 Å². The van der Waals surface area contributed by atoms with Gasteiger partial charge in [0.15, 0.2) is 5.78 Å². The summed E-state index contributed by atoms with van der Waals surface area (Å²) in [6.45, 7) is 5.20. The van der Waals surface area contributed by atoms with Crippen molar-refractivity contribution in [3.63, 3.8) is 0 Å². The number of ether oxygens (including phenoxy) is 1. The Balaban J connectivity index is 1.03. The van der Waals surface area contributed by atoms with Gasteiger partial charge in [-0.2, -0.15) is 0 Å². The molecule has 302 valence electrons. The van der Waals surface area contributed by atoms with Crippen LogP contribution in [0.15, 0.2) is 138 Å². The lowest BCUT2D eigenvalue weighted by Crippen LogP contribution is -2.67. The van der Waals surface area contributed by atoms with E-state index in [1.165, 1.54) is 4.88 Å². The molecule has 11 rings (SSSR count). The number of aliphatic hydroxyl groups is 2. The lowest BCUT2D eigenvalue weighted by Gasteiger charge is -2.71. The van der Waals surface area contributed by atoms with Gasteiger partial charge < -0.3 is 19.8 Å². The molecule has 6 aliphatic rings. The van der Waals surface area contributed by atoms with Crippen molar-refractivity contribution in [2.45, 2.75) is 76.9 Å². The average molecular weight is 804 g/mol. The predicted molar refractivity (Wildman–Crippen MR) is 234 cm³/mol. The van der Waals surface area contributed by atoms with Crippen LogP contribution in [0.2, 0.25) is 0 Å². The number of thiophene rings is 1. The normalized spacial score (nSPS) is 32.8. The fraction of sp³-hybridized carbons (Fsp3) is 0.385. The van der Waals surface area contributed by atoms with Crippen molar-refractivity contribution in [1.29, 1.82) is 0 Å². The number of fused-ring (bicyclic) bond motifs is 2. The summed E-state index contributed by atoms with van der Waals surface area (Å²) >= 11 is 1.67. The van der Waals surface area contributed by atoms with Gasteiger partial charge in [-0.1, -0.05) is 123 Å². The summed E-state index contributed by atoms with van der Waals surface area (Å²) in [6.07, 6.45) is 11.9. The maximum absolute atomic E-state index is 15.6. The summed E-state index contributed by atoms with van der Waals surface area (Å²) in [4.78, 5) is 32.8. The summed E-state index contributed by atoms with van der Waals surface area (Å²) in [5, 5.41) is 28.6. The van der Waals surface area contributed by atoms with Crippen LogP contribution in [0, 0.1) is 33.5 Å². The van der Waals surface area contributed by atoms with Gasteiger partial charge >= 0.3 is 6.09 Å². The van der Waals surface area contributed by atoms with E-state index in [0.717, 1.165) is 59.6 Å². The molecule has 0 saturated heterocycles. The van der Waals surface area contributed by atoms with Gasteiger partial charge in [0.2, 0.25) is 0 Å². The van der Waals surface area contributed by atoms with Crippen LogP contribution in [0.5, 0.6) is 5.75 Å². The first-order valence-electron chi connectivity index (χ1n) is 21.5. The number of carbonyl (C=O) groups excluding carboxylic acids is 2. The lowest BCUT2D eigenvalue weighted by molar-refractivity contribution is -0.175. The molecule has 3 fully saturated rings. The molecule has 2 spiro atoms. The van der Waals surface area contributed by atoms with Gasteiger partial charge in [-0.15, -0.1) is 11.3 Å². The molecule has 0 aliphatic heterocycles. The number of nitrogens with zero attached hydrogens (tertiary/aromatic N) is 1. The number of amides is 1. The van der Waals surface area contributed by atoms with E-state index < -0.39 is 34.0 Å². The van der Waals surface area contributed by atoms with Crippen LogP contribution >= 0.6 is 11.3 Å². The lowest BCUT2D eigenvalue weighted by atomic mass is 9.32. The van der Waals surface area contributed by atoms with Gasteiger partial charge in [-0.3, -0.25) is 4.79 Å². The van der Waals surface area contributed by atoms with Crippen molar-refractivity contribution >= 4 is 34.0 Å². The van der Waals surface area contributed by atoms with Crippen LogP contribution < -0.4 is 4.74 Å².